The first-order valence-electron chi connectivity index (χ1n) is 4.26. The van der Waals surface area contributed by atoms with Gasteiger partial charge in [-0.2, -0.15) is 4.98 Å². The van der Waals surface area contributed by atoms with Crippen LogP contribution in [0, 0.1) is 3.57 Å². The minimum atomic E-state index is 0.261. The Balaban J connectivity index is 2.22. The highest BCUT2D eigenvalue weighted by atomic mass is 127. The number of hydrogen-bond donors (Lipinski definition) is 1. The molecule has 0 saturated heterocycles. The minimum Gasteiger partial charge on any atom is -0.424 e. The largest absolute Gasteiger partial charge is 0.424 e. The summed E-state index contributed by atoms with van der Waals surface area (Å²) in [4.78, 5) is 7.89. The molecule has 0 bridgehead atoms. The lowest BCUT2D eigenvalue weighted by Gasteiger charge is -2.03. The van der Waals surface area contributed by atoms with E-state index in [1.807, 2.05) is 24.3 Å². The van der Waals surface area contributed by atoms with Gasteiger partial charge in [-0.25, -0.2) is 4.98 Å². The van der Waals surface area contributed by atoms with Crippen molar-refractivity contribution in [1.82, 2.24) is 9.97 Å². The van der Waals surface area contributed by atoms with Crippen LogP contribution in [0.2, 0.25) is 0 Å². The van der Waals surface area contributed by atoms with E-state index in [4.69, 9.17) is 10.5 Å². The summed E-state index contributed by atoms with van der Waals surface area (Å²) in [6.07, 6.45) is 1.56. The Morgan fingerprint density at radius 3 is 2.87 bits per heavy atom. The molecule has 2 rings (SSSR count). The highest BCUT2D eigenvalue weighted by Gasteiger charge is 2.00. The second kappa shape index (κ2) is 4.43. The monoisotopic (exact) mass is 313 g/mol. The zero-order valence-corrected chi connectivity index (χ0v) is 9.88. The second-order valence-electron chi connectivity index (χ2n) is 2.82. The van der Waals surface area contributed by atoms with E-state index < -0.39 is 0 Å². The molecule has 1 aromatic heterocycles. The van der Waals surface area contributed by atoms with Gasteiger partial charge in [-0.1, -0.05) is 6.07 Å². The van der Waals surface area contributed by atoms with Gasteiger partial charge in [0.15, 0.2) is 0 Å². The van der Waals surface area contributed by atoms with Crippen molar-refractivity contribution < 1.29 is 4.74 Å². The molecule has 4 nitrogen and oxygen atoms in total. The molecule has 5 heteroatoms. The van der Waals surface area contributed by atoms with Gasteiger partial charge in [0.05, 0.1) is 0 Å². The van der Waals surface area contributed by atoms with Gasteiger partial charge in [0.1, 0.15) is 11.6 Å². The number of halogens is 1. The average molecular weight is 313 g/mol. The van der Waals surface area contributed by atoms with Crippen LogP contribution in [0.3, 0.4) is 0 Å². The van der Waals surface area contributed by atoms with E-state index in [0.29, 0.717) is 11.6 Å². The average Bonchev–Trinajstić information content (AvgIpc) is 2.17. The first kappa shape index (κ1) is 10.2. The molecule has 0 saturated carbocycles. The summed E-state index contributed by atoms with van der Waals surface area (Å²) in [5.74, 6) is 1.10. The molecule has 0 aliphatic carbocycles. The molecule has 1 aromatic carbocycles. The lowest BCUT2D eigenvalue weighted by atomic mass is 10.3. The SMILES string of the molecule is Nc1ccnc(Oc2cccc(I)c2)n1. The van der Waals surface area contributed by atoms with Crippen LogP contribution >= 0.6 is 22.6 Å². The molecular formula is C10H8IN3O. The standard InChI is InChI=1S/C10H8IN3O/c11-7-2-1-3-8(6-7)15-10-13-5-4-9(12)14-10/h1-6H,(H2,12,13,14). The molecule has 0 fully saturated rings. The number of nitrogen functional groups attached to an aromatic ring is 1. The van der Waals surface area contributed by atoms with Crippen molar-refractivity contribution >= 4 is 28.4 Å². The van der Waals surface area contributed by atoms with Gasteiger partial charge >= 0.3 is 6.01 Å². The van der Waals surface area contributed by atoms with E-state index in [-0.39, 0.29) is 6.01 Å². The molecule has 0 aliphatic rings. The molecule has 0 atom stereocenters. The fourth-order valence-electron chi connectivity index (χ4n) is 1.04. The lowest BCUT2D eigenvalue weighted by molar-refractivity contribution is 0.442. The first-order chi connectivity index (χ1) is 7.24. The molecule has 2 N–H and O–H groups in total. The molecule has 76 valence electrons. The van der Waals surface area contributed by atoms with Crippen molar-refractivity contribution in [2.45, 2.75) is 0 Å². The van der Waals surface area contributed by atoms with Crippen LogP contribution in [0.15, 0.2) is 36.5 Å². The summed E-state index contributed by atoms with van der Waals surface area (Å²) < 4.78 is 6.52. The van der Waals surface area contributed by atoms with Crippen LogP contribution in [0.5, 0.6) is 11.8 Å². The highest BCUT2D eigenvalue weighted by Crippen LogP contribution is 2.19. The van der Waals surface area contributed by atoms with Gasteiger partial charge in [-0.3, -0.25) is 0 Å². The Morgan fingerprint density at radius 1 is 1.27 bits per heavy atom. The number of ether oxygens (including phenoxy) is 1. The van der Waals surface area contributed by atoms with Gasteiger partial charge in [0, 0.05) is 9.77 Å². The summed E-state index contributed by atoms with van der Waals surface area (Å²) in [5, 5.41) is 0. The molecule has 0 unspecified atom stereocenters. The van der Waals surface area contributed by atoms with Crippen molar-refractivity contribution in [3.63, 3.8) is 0 Å². The van der Waals surface area contributed by atoms with Gasteiger partial charge < -0.3 is 10.5 Å². The van der Waals surface area contributed by atoms with Gasteiger partial charge in [-0.05, 0) is 46.9 Å². The fraction of sp³-hybridized carbons (Fsp3) is 0. The van der Waals surface area contributed by atoms with E-state index in [2.05, 4.69) is 32.6 Å². The van der Waals surface area contributed by atoms with Gasteiger partial charge in [0.2, 0.25) is 0 Å². The topological polar surface area (TPSA) is 61.0 Å². The molecule has 2 aromatic rings. The van der Waals surface area contributed by atoms with Crippen LogP contribution in [-0.4, -0.2) is 9.97 Å². The zero-order valence-electron chi connectivity index (χ0n) is 7.72. The van der Waals surface area contributed by atoms with E-state index >= 15 is 0 Å². The molecule has 0 amide bonds. The summed E-state index contributed by atoms with van der Waals surface area (Å²) >= 11 is 2.21. The van der Waals surface area contributed by atoms with E-state index in [1.54, 1.807) is 12.3 Å². The van der Waals surface area contributed by atoms with Crippen molar-refractivity contribution in [1.29, 1.82) is 0 Å². The van der Waals surface area contributed by atoms with Crippen LogP contribution in [0.1, 0.15) is 0 Å². The molecule has 0 aliphatic heterocycles. The molecule has 0 radical (unpaired) electrons. The Kier molecular flexibility index (Phi) is 3.00. The summed E-state index contributed by atoms with van der Waals surface area (Å²) in [6.45, 7) is 0. The second-order valence-corrected chi connectivity index (χ2v) is 4.07. The van der Waals surface area contributed by atoms with Crippen LogP contribution in [0.25, 0.3) is 0 Å². The molecular weight excluding hydrogens is 305 g/mol. The number of nitrogens with two attached hydrogens (primary N) is 1. The predicted molar refractivity (Wildman–Crippen MR) is 65.7 cm³/mol. The molecule has 1 heterocycles. The van der Waals surface area contributed by atoms with Crippen molar-refractivity contribution in [2.24, 2.45) is 0 Å². The summed E-state index contributed by atoms with van der Waals surface area (Å²) in [7, 11) is 0. The van der Waals surface area contributed by atoms with Gasteiger partial charge in [0.25, 0.3) is 0 Å². The maximum atomic E-state index is 5.51. The van der Waals surface area contributed by atoms with Crippen molar-refractivity contribution in [3.8, 4) is 11.8 Å². The number of hydrogen-bond acceptors (Lipinski definition) is 4. The third-order valence-corrected chi connectivity index (χ3v) is 2.33. The number of benzene rings is 1. The zero-order chi connectivity index (χ0) is 10.7. The van der Waals surface area contributed by atoms with Crippen molar-refractivity contribution in [2.75, 3.05) is 5.73 Å². The Morgan fingerprint density at radius 2 is 2.13 bits per heavy atom. The van der Waals surface area contributed by atoms with Crippen LogP contribution in [0.4, 0.5) is 5.82 Å². The number of rotatable bonds is 2. The Hall–Kier alpha value is -1.37. The van der Waals surface area contributed by atoms with Crippen LogP contribution < -0.4 is 10.5 Å². The first-order valence-corrected chi connectivity index (χ1v) is 5.34. The van der Waals surface area contributed by atoms with Gasteiger partial charge in [-0.15, -0.1) is 0 Å². The Bertz CT molecular complexity index is 432. The maximum Gasteiger partial charge on any atom is 0.323 e. The fourth-order valence-corrected chi connectivity index (χ4v) is 1.55. The normalized spacial score (nSPS) is 9.93. The smallest absolute Gasteiger partial charge is 0.323 e. The molecule has 15 heavy (non-hydrogen) atoms. The Labute approximate surface area is 101 Å². The molecule has 0 spiro atoms. The van der Waals surface area contributed by atoms with Crippen molar-refractivity contribution in [3.05, 3.63) is 40.1 Å². The van der Waals surface area contributed by atoms with Crippen LogP contribution in [-0.2, 0) is 0 Å². The number of aromatic nitrogens is 2. The maximum absolute atomic E-state index is 5.51. The highest BCUT2D eigenvalue weighted by molar-refractivity contribution is 14.1. The lowest BCUT2D eigenvalue weighted by Crippen LogP contribution is -1.95. The predicted octanol–water partition coefficient (Wildman–Crippen LogP) is 2.46. The van der Waals surface area contributed by atoms with E-state index in [9.17, 15) is 0 Å². The third-order valence-electron chi connectivity index (χ3n) is 1.66. The third kappa shape index (κ3) is 2.79. The summed E-state index contributed by atoms with van der Waals surface area (Å²) in [5.41, 5.74) is 5.51. The summed E-state index contributed by atoms with van der Waals surface area (Å²) in [6, 6.07) is 9.50. The quantitative estimate of drug-likeness (QED) is 0.865. The van der Waals surface area contributed by atoms with E-state index in [0.717, 1.165) is 3.57 Å². The minimum absolute atomic E-state index is 0.261. The van der Waals surface area contributed by atoms with E-state index in [1.165, 1.54) is 0 Å². The number of anilines is 1. The number of nitrogens with zero attached hydrogens (tertiary/aromatic N) is 2.